The first kappa shape index (κ1) is 36.4. The zero-order valence-electron chi connectivity index (χ0n) is 36.7. The van der Waals surface area contributed by atoms with Crippen LogP contribution in [-0.4, -0.2) is 24.1 Å². The fourth-order valence-corrected chi connectivity index (χ4v) is 17.8. The van der Waals surface area contributed by atoms with E-state index in [2.05, 4.69) is 137 Å². The van der Waals surface area contributed by atoms with Crippen molar-refractivity contribution in [3.05, 3.63) is 139 Å². The summed E-state index contributed by atoms with van der Waals surface area (Å²) in [7, 11) is 0. The van der Waals surface area contributed by atoms with Crippen molar-refractivity contribution < 1.29 is 0 Å². The quantitative estimate of drug-likeness (QED) is 0.173. The lowest BCUT2D eigenvalue weighted by Crippen LogP contribution is -2.51. The van der Waals surface area contributed by atoms with Crippen molar-refractivity contribution in [2.75, 3.05) is 0 Å². The van der Waals surface area contributed by atoms with Crippen LogP contribution in [0.15, 0.2) is 127 Å². The Balaban J connectivity index is 0.938. The van der Waals surface area contributed by atoms with Crippen molar-refractivity contribution in [2.24, 2.45) is 35.5 Å². The molecule has 0 radical (unpaired) electrons. The van der Waals surface area contributed by atoms with Gasteiger partial charge in [0.15, 0.2) is 5.82 Å². The summed E-state index contributed by atoms with van der Waals surface area (Å²) in [5.74, 6) is 8.28. The molecule has 65 heavy (non-hydrogen) atoms. The van der Waals surface area contributed by atoms with E-state index >= 15 is 0 Å². The fraction of sp³-hybridized carbons (Fsp3) is 0.339. The predicted molar refractivity (Wildman–Crippen MR) is 267 cm³/mol. The summed E-state index contributed by atoms with van der Waals surface area (Å²) < 4.78 is 7.75. The SMILES string of the molecule is c1ccc(-n2c3ccccc3c3c2c2sc4ccccc4c2c2c4ccccc4n(-c4ccc(-c5nc(C67CC8CC(CC(C8)C6)C7)nc(C67CC8CC(CC(C8)C6)C7)n5)cc4)c23)cc1. The third-order valence-electron chi connectivity index (χ3n) is 18.1. The summed E-state index contributed by atoms with van der Waals surface area (Å²) in [6.07, 6.45) is 16.2. The predicted octanol–water partition coefficient (Wildman–Crippen LogP) is 15.0. The Morgan fingerprint density at radius 2 is 0.877 bits per heavy atom. The van der Waals surface area contributed by atoms with Gasteiger partial charge in [0.25, 0.3) is 0 Å². The molecule has 10 aromatic rings. The first-order valence-electron chi connectivity index (χ1n) is 24.8. The molecule has 4 aromatic heterocycles. The molecule has 4 heterocycles. The van der Waals surface area contributed by atoms with Crippen LogP contribution in [0.25, 0.3) is 86.5 Å². The van der Waals surface area contributed by atoms with E-state index in [1.807, 2.05) is 11.3 Å². The van der Waals surface area contributed by atoms with Crippen molar-refractivity contribution in [3.63, 3.8) is 0 Å². The molecule has 8 aliphatic carbocycles. The fourth-order valence-electron chi connectivity index (χ4n) is 16.5. The molecule has 0 N–H and O–H groups in total. The van der Waals surface area contributed by atoms with Crippen LogP contribution in [0.3, 0.4) is 0 Å². The van der Waals surface area contributed by atoms with Crippen LogP contribution in [0, 0.1) is 35.5 Å². The second kappa shape index (κ2) is 12.9. The molecule has 5 nitrogen and oxygen atoms in total. The Morgan fingerprint density at radius 3 is 1.45 bits per heavy atom. The lowest BCUT2D eigenvalue weighted by Gasteiger charge is -2.57. The maximum atomic E-state index is 5.76. The van der Waals surface area contributed by atoms with Crippen molar-refractivity contribution in [3.8, 4) is 22.8 Å². The van der Waals surface area contributed by atoms with Gasteiger partial charge >= 0.3 is 0 Å². The Hall–Kier alpha value is -5.85. The van der Waals surface area contributed by atoms with Gasteiger partial charge in [-0.15, -0.1) is 11.3 Å². The van der Waals surface area contributed by atoms with Gasteiger partial charge in [-0.05, 0) is 167 Å². The van der Waals surface area contributed by atoms with E-state index in [1.54, 1.807) is 0 Å². The Bertz CT molecular complexity index is 3490. The Morgan fingerprint density at radius 1 is 0.415 bits per heavy atom. The second-order valence-electron chi connectivity index (χ2n) is 22.0. The lowest BCUT2D eigenvalue weighted by atomic mass is 9.49. The Kier molecular flexibility index (Phi) is 7.24. The molecule has 18 rings (SSSR count). The van der Waals surface area contributed by atoms with Gasteiger partial charge in [-0.3, -0.25) is 0 Å². The summed E-state index contributed by atoms with van der Waals surface area (Å²) >= 11 is 1.93. The van der Waals surface area contributed by atoms with Gasteiger partial charge in [0, 0.05) is 64.8 Å². The number of fused-ring (bicyclic) bond motifs is 12. The molecule has 0 saturated heterocycles. The molecule has 0 amide bonds. The highest BCUT2D eigenvalue weighted by atomic mass is 32.1. The minimum absolute atomic E-state index is 0.119. The van der Waals surface area contributed by atoms with Crippen LogP contribution < -0.4 is 0 Å². The first-order valence-corrected chi connectivity index (χ1v) is 25.6. The molecule has 0 unspecified atom stereocenters. The molecule has 8 fully saturated rings. The number of hydrogen-bond acceptors (Lipinski definition) is 4. The molecule has 8 saturated carbocycles. The van der Waals surface area contributed by atoms with Crippen LogP contribution in [0.5, 0.6) is 0 Å². The summed E-state index contributed by atoms with van der Waals surface area (Å²) in [6.45, 7) is 0. The molecule has 0 spiro atoms. The normalized spacial score (nSPS) is 28.9. The number of rotatable bonds is 5. The average molecular weight is 862 g/mol. The molecule has 8 bridgehead atoms. The standard InChI is InChI=1S/C59H51N5S/c1-2-10-41(11-3-1)64-47-16-8-5-13-44(47)51-52-49(50-45-14-6-9-17-48(45)65-54(50)53(51)64)43-12-4-7-15-46(43)63(52)42-20-18-40(19-21-42)55-60-56(58-28-34-22-35(29-58)24-36(23-34)30-58)62-57(61-55)59-31-37-25-38(32-59)27-39(26-37)33-59/h1-21,34-39H,22-33H2. The molecule has 6 aromatic carbocycles. The molecule has 8 aliphatic rings. The lowest BCUT2D eigenvalue weighted by molar-refractivity contribution is -0.0155. The number of thiophene rings is 1. The smallest absolute Gasteiger partial charge is 0.163 e. The summed E-state index contributed by atoms with van der Waals surface area (Å²) in [6, 6.07) is 47.5. The minimum atomic E-state index is 0.119. The van der Waals surface area contributed by atoms with Crippen molar-refractivity contribution in [2.45, 2.75) is 87.9 Å². The van der Waals surface area contributed by atoms with Crippen molar-refractivity contribution in [1.29, 1.82) is 0 Å². The van der Waals surface area contributed by atoms with E-state index in [4.69, 9.17) is 15.0 Å². The van der Waals surface area contributed by atoms with Gasteiger partial charge in [0.1, 0.15) is 11.6 Å². The van der Waals surface area contributed by atoms with Crippen LogP contribution >= 0.6 is 11.3 Å². The van der Waals surface area contributed by atoms with Gasteiger partial charge in [0.05, 0.1) is 26.8 Å². The molecule has 0 atom stereocenters. The molecule has 318 valence electrons. The van der Waals surface area contributed by atoms with Crippen LogP contribution in [0.4, 0.5) is 0 Å². The zero-order chi connectivity index (χ0) is 42.2. The Labute approximate surface area is 382 Å². The van der Waals surface area contributed by atoms with Crippen molar-refractivity contribution >= 4 is 75.1 Å². The average Bonchev–Trinajstić information content (AvgIpc) is 3.99. The molecular weight excluding hydrogens is 811 g/mol. The van der Waals surface area contributed by atoms with E-state index in [0.717, 1.165) is 64.2 Å². The van der Waals surface area contributed by atoms with E-state index in [9.17, 15) is 0 Å². The largest absolute Gasteiger partial charge is 0.309 e. The highest BCUT2D eigenvalue weighted by Crippen LogP contribution is 2.63. The second-order valence-corrected chi connectivity index (χ2v) is 23.1. The van der Waals surface area contributed by atoms with E-state index in [0.29, 0.717) is 0 Å². The zero-order valence-corrected chi connectivity index (χ0v) is 37.5. The first-order chi connectivity index (χ1) is 32.0. The third-order valence-corrected chi connectivity index (χ3v) is 19.3. The summed E-state index contributed by atoms with van der Waals surface area (Å²) in [5, 5.41) is 7.86. The van der Waals surface area contributed by atoms with Crippen LogP contribution in [-0.2, 0) is 10.8 Å². The maximum Gasteiger partial charge on any atom is 0.163 e. The number of aromatic nitrogens is 5. The van der Waals surface area contributed by atoms with Gasteiger partial charge in [-0.2, -0.15) is 0 Å². The third kappa shape index (κ3) is 5.02. The van der Waals surface area contributed by atoms with E-state index in [-0.39, 0.29) is 10.8 Å². The molecule has 0 aliphatic heterocycles. The van der Waals surface area contributed by atoms with Gasteiger partial charge in [0.2, 0.25) is 0 Å². The number of nitrogens with zero attached hydrogens (tertiary/aromatic N) is 5. The summed E-state index contributed by atoms with van der Waals surface area (Å²) in [4.78, 5) is 17.1. The minimum Gasteiger partial charge on any atom is -0.309 e. The van der Waals surface area contributed by atoms with Crippen LogP contribution in [0.2, 0.25) is 0 Å². The van der Waals surface area contributed by atoms with E-state index < -0.39 is 0 Å². The van der Waals surface area contributed by atoms with E-state index in [1.165, 1.54) is 147 Å². The van der Waals surface area contributed by atoms with Crippen LogP contribution in [0.1, 0.15) is 88.7 Å². The van der Waals surface area contributed by atoms with Gasteiger partial charge in [-0.25, -0.2) is 15.0 Å². The maximum absolute atomic E-state index is 5.76. The van der Waals surface area contributed by atoms with Gasteiger partial charge in [-0.1, -0.05) is 72.8 Å². The molecule has 6 heteroatoms. The number of benzene rings is 6. The number of para-hydroxylation sites is 3. The summed E-state index contributed by atoms with van der Waals surface area (Å²) in [5.41, 5.74) is 8.70. The van der Waals surface area contributed by atoms with Crippen molar-refractivity contribution in [1.82, 2.24) is 24.1 Å². The molecular formula is C59H51N5S. The highest BCUT2D eigenvalue weighted by Gasteiger charge is 2.56. The number of hydrogen-bond donors (Lipinski definition) is 0. The van der Waals surface area contributed by atoms with Gasteiger partial charge < -0.3 is 9.13 Å². The topological polar surface area (TPSA) is 48.5 Å². The monoisotopic (exact) mass is 861 g/mol. The highest BCUT2D eigenvalue weighted by molar-refractivity contribution is 7.27.